The van der Waals surface area contributed by atoms with E-state index in [-0.39, 0.29) is 11.5 Å². The minimum absolute atomic E-state index is 0.167. The van der Waals surface area contributed by atoms with Crippen molar-refractivity contribution < 1.29 is 5.11 Å². The van der Waals surface area contributed by atoms with Gasteiger partial charge < -0.3 is 5.11 Å². The fourth-order valence-electron chi connectivity index (χ4n) is 2.22. The van der Waals surface area contributed by atoms with Gasteiger partial charge in [-0.05, 0) is 56.7 Å². The smallest absolute Gasteiger partial charge is 0.0571 e. The Balaban J connectivity index is 2.15. The fourth-order valence-corrected chi connectivity index (χ4v) is 2.22. The highest BCUT2D eigenvalue weighted by molar-refractivity contribution is 5.31. The second kappa shape index (κ2) is 3.64. The number of aliphatic hydroxyl groups excluding tert-OH is 1. The van der Waals surface area contributed by atoms with Crippen LogP contribution in [0.1, 0.15) is 36.5 Å². The van der Waals surface area contributed by atoms with Gasteiger partial charge >= 0.3 is 0 Å². The van der Waals surface area contributed by atoms with Crippen LogP contribution in [0.3, 0.4) is 0 Å². The van der Waals surface area contributed by atoms with E-state index in [9.17, 15) is 5.11 Å². The van der Waals surface area contributed by atoms with Crippen molar-refractivity contribution in [1.29, 1.82) is 0 Å². The van der Waals surface area contributed by atoms with Crippen molar-refractivity contribution in [2.45, 2.75) is 46.1 Å². The van der Waals surface area contributed by atoms with Crippen LogP contribution >= 0.6 is 0 Å². The lowest BCUT2D eigenvalue weighted by Crippen LogP contribution is -2.20. The van der Waals surface area contributed by atoms with Crippen molar-refractivity contribution in [2.75, 3.05) is 0 Å². The summed E-state index contributed by atoms with van der Waals surface area (Å²) in [6, 6.07) is 6.64. The Hall–Kier alpha value is -0.820. The molecule has 0 radical (unpaired) electrons. The summed E-state index contributed by atoms with van der Waals surface area (Å²) in [7, 11) is 0. The zero-order valence-electron chi connectivity index (χ0n) is 9.88. The standard InChI is InChI=1S/C14H20O/c1-10-4-5-13(8-11(10)2)9-14(6-7-14)12(3)15/h4-5,8,12,15H,6-7,9H2,1-3H3. The molecule has 1 aliphatic rings. The van der Waals surface area contributed by atoms with Crippen LogP contribution in [0, 0.1) is 19.3 Å². The molecule has 0 amide bonds. The van der Waals surface area contributed by atoms with Crippen molar-refractivity contribution in [2.24, 2.45) is 5.41 Å². The first-order valence-electron chi connectivity index (χ1n) is 5.78. The maximum Gasteiger partial charge on any atom is 0.0571 e. The molecule has 1 saturated carbocycles. The normalized spacial score (nSPS) is 20.0. The molecule has 1 nitrogen and oxygen atoms in total. The molecule has 0 bridgehead atoms. The molecule has 1 atom stereocenters. The predicted molar refractivity (Wildman–Crippen MR) is 63.0 cm³/mol. The number of rotatable bonds is 3. The van der Waals surface area contributed by atoms with Gasteiger partial charge in [0.05, 0.1) is 6.10 Å². The van der Waals surface area contributed by atoms with Gasteiger partial charge in [0.1, 0.15) is 0 Å². The molecular formula is C14H20O. The fraction of sp³-hybridized carbons (Fsp3) is 0.571. The van der Waals surface area contributed by atoms with E-state index < -0.39 is 0 Å². The van der Waals surface area contributed by atoms with Crippen LogP contribution in [0.2, 0.25) is 0 Å². The lowest BCUT2D eigenvalue weighted by molar-refractivity contribution is 0.110. The van der Waals surface area contributed by atoms with Gasteiger partial charge in [0, 0.05) is 5.41 Å². The molecule has 0 saturated heterocycles. The van der Waals surface area contributed by atoms with Crippen LogP contribution in [0.25, 0.3) is 0 Å². The summed E-state index contributed by atoms with van der Waals surface area (Å²) in [6.07, 6.45) is 3.22. The molecule has 1 unspecified atom stereocenters. The molecule has 0 aromatic heterocycles. The summed E-state index contributed by atoms with van der Waals surface area (Å²) in [6.45, 7) is 6.22. The lowest BCUT2D eigenvalue weighted by Gasteiger charge is -2.19. The van der Waals surface area contributed by atoms with Crippen LogP contribution in [0.4, 0.5) is 0 Å². The van der Waals surface area contributed by atoms with Crippen molar-refractivity contribution >= 4 is 0 Å². The van der Waals surface area contributed by atoms with Gasteiger partial charge in [-0.3, -0.25) is 0 Å². The van der Waals surface area contributed by atoms with Gasteiger partial charge in [-0.25, -0.2) is 0 Å². The van der Waals surface area contributed by atoms with Gasteiger partial charge in [-0.1, -0.05) is 18.2 Å². The van der Waals surface area contributed by atoms with E-state index >= 15 is 0 Å². The zero-order valence-corrected chi connectivity index (χ0v) is 9.88. The number of hydrogen-bond donors (Lipinski definition) is 1. The predicted octanol–water partition coefficient (Wildman–Crippen LogP) is 3.01. The Labute approximate surface area is 92.1 Å². The second-order valence-electron chi connectivity index (χ2n) is 5.13. The van der Waals surface area contributed by atoms with Gasteiger partial charge in [0.25, 0.3) is 0 Å². The van der Waals surface area contributed by atoms with Gasteiger partial charge in [-0.2, -0.15) is 0 Å². The summed E-state index contributed by atoms with van der Waals surface area (Å²) < 4.78 is 0. The minimum Gasteiger partial charge on any atom is -0.393 e. The Bertz CT molecular complexity index is 362. The molecule has 1 fully saturated rings. The monoisotopic (exact) mass is 204 g/mol. The van der Waals surface area contributed by atoms with E-state index in [2.05, 4.69) is 32.0 Å². The molecule has 0 spiro atoms. The molecule has 1 aromatic rings. The average Bonchev–Trinajstić information content (AvgIpc) is 2.93. The topological polar surface area (TPSA) is 20.2 Å². The van der Waals surface area contributed by atoms with Crippen molar-refractivity contribution in [1.82, 2.24) is 0 Å². The summed E-state index contributed by atoms with van der Waals surface area (Å²) >= 11 is 0. The van der Waals surface area contributed by atoms with Crippen LogP contribution in [-0.2, 0) is 6.42 Å². The van der Waals surface area contributed by atoms with E-state index in [0.717, 1.165) is 6.42 Å². The minimum atomic E-state index is -0.167. The van der Waals surface area contributed by atoms with Gasteiger partial charge in [0.2, 0.25) is 0 Å². The third-order valence-electron chi connectivity index (χ3n) is 3.91. The lowest BCUT2D eigenvalue weighted by atomic mass is 9.90. The molecule has 2 rings (SSSR count). The first-order chi connectivity index (χ1) is 7.03. The molecule has 1 heteroatoms. The summed E-state index contributed by atoms with van der Waals surface area (Å²) in [4.78, 5) is 0. The van der Waals surface area contributed by atoms with Gasteiger partial charge in [-0.15, -0.1) is 0 Å². The number of aliphatic hydroxyl groups is 1. The second-order valence-corrected chi connectivity index (χ2v) is 5.13. The highest BCUT2D eigenvalue weighted by Gasteiger charge is 2.46. The van der Waals surface area contributed by atoms with Crippen LogP contribution in [-0.4, -0.2) is 11.2 Å². The van der Waals surface area contributed by atoms with E-state index in [0.29, 0.717) is 0 Å². The molecule has 15 heavy (non-hydrogen) atoms. The highest BCUT2D eigenvalue weighted by atomic mass is 16.3. The first kappa shape index (κ1) is 10.7. The largest absolute Gasteiger partial charge is 0.393 e. The molecule has 1 aromatic carbocycles. The number of hydrogen-bond acceptors (Lipinski definition) is 1. The van der Waals surface area contributed by atoms with Crippen molar-refractivity contribution in [3.63, 3.8) is 0 Å². The Morgan fingerprint density at radius 3 is 2.40 bits per heavy atom. The van der Waals surface area contributed by atoms with Gasteiger partial charge in [0.15, 0.2) is 0 Å². The maximum atomic E-state index is 9.73. The first-order valence-corrected chi connectivity index (χ1v) is 5.78. The van der Waals surface area contributed by atoms with E-state index in [1.807, 2.05) is 6.92 Å². The highest BCUT2D eigenvalue weighted by Crippen LogP contribution is 2.51. The molecule has 0 heterocycles. The Morgan fingerprint density at radius 2 is 1.93 bits per heavy atom. The summed E-state index contributed by atoms with van der Waals surface area (Å²) in [5.41, 5.74) is 4.27. The van der Waals surface area contributed by atoms with Crippen LogP contribution in [0.15, 0.2) is 18.2 Å². The Kier molecular flexibility index (Phi) is 2.59. The van der Waals surface area contributed by atoms with Crippen molar-refractivity contribution in [3.8, 4) is 0 Å². The van der Waals surface area contributed by atoms with Crippen LogP contribution in [0.5, 0.6) is 0 Å². The summed E-state index contributed by atoms with van der Waals surface area (Å²) in [5, 5.41) is 9.73. The third-order valence-corrected chi connectivity index (χ3v) is 3.91. The van der Waals surface area contributed by atoms with E-state index in [1.165, 1.54) is 29.5 Å². The molecule has 0 aliphatic heterocycles. The number of aryl methyl sites for hydroxylation is 2. The SMILES string of the molecule is Cc1ccc(CC2(C(C)O)CC2)cc1C. The van der Waals surface area contributed by atoms with E-state index in [1.54, 1.807) is 0 Å². The average molecular weight is 204 g/mol. The molecular weight excluding hydrogens is 184 g/mol. The van der Waals surface area contributed by atoms with Crippen LogP contribution < -0.4 is 0 Å². The maximum absolute atomic E-state index is 9.73. The quantitative estimate of drug-likeness (QED) is 0.802. The van der Waals surface area contributed by atoms with Crippen molar-refractivity contribution in [3.05, 3.63) is 34.9 Å². The Morgan fingerprint density at radius 1 is 1.27 bits per heavy atom. The third kappa shape index (κ3) is 2.07. The van der Waals surface area contributed by atoms with E-state index in [4.69, 9.17) is 0 Å². The summed E-state index contributed by atoms with van der Waals surface area (Å²) in [5.74, 6) is 0. The number of benzene rings is 1. The zero-order chi connectivity index (χ0) is 11.1. The molecule has 1 aliphatic carbocycles. The molecule has 1 N–H and O–H groups in total. The molecule has 82 valence electrons.